The number of halogens is 1. The maximum absolute atomic E-state index is 13.7. The Hall–Kier alpha value is -1.51. The SMILES string of the molecule is Cc1c(F)cc(C(=O)O)cc1S(=O)(=O)N1CC[C@@H](O)C1. The van der Waals surface area contributed by atoms with Crippen LogP contribution in [0.25, 0.3) is 0 Å². The first kappa shape index (κ1) is 14.9. The van der Waals surface area contributed by atoms with E-state index in [-0.39, 0.29) is 23.5 Å². The minimum Gasteiger partial charge on any atom is -0.478 e. The minimum atomic E-state index is -4.01. The zero-order valence-electron chi connectivity index (χ0n) is 10.7. The molecule has 6 nitrogen and oxygen atoms in total. The second-order valence-corrected chi connectivity index (χ2v) is 6.60. The number of carboxylic acid groups (broad SMARTS) is 1. The molecule has 1 fully saturated rings. The molecule has 1 atom stereocenters. The maximum Gasteiger partial charge on any atom is 0.335 e. The van der Waals surface area contributed by atoms with Crippen molar-refractivity contribution in [2.75, 3.05) is 13.1 Å². The first-order chi connectivity index (χ1) is 9.23. The van der Waals surface area contributed by atoms with E-state index in [1.165, 1.54) is 6.92 Å². The number of aliphatic hydroxyl groups excluding tert-OH is 1. The van der Waals surface area contributed by atoms with Crippen LogP contribution < -0.4 is 0 Å². The van der Waals surface area contributed by atoms with E-state index in [1.807, 2.05) is 0 Å². The van der Waals surface area contributed by atoms with Gasteiger partial charge in [0.1, 0.15) is 5.82 Å². The quantitative estimate of drug-likeness (QED) is 0.852. The van der Waals surface area contributed by atoms with Gasteiger partial charge in [-0.2, -0.15) is 4.31 Å². The number of carbonyl (C=O) groups is 1. The van der Waals surface area contributed by atoms with Crippen LogP contribution in [0.3, 0.4) is 0 Å². The zero-order valence-corrected chi connectivity index (χ0v) is 11.5. The number of aromatic carboxylic acids is 1. The summed E-state index contributed by atoms with van der Waals surface area (Å²) in [5.74, 6) is -2.29. The Kier molecular flexibility index (Phi) is 3.81. The van der Waals surface area contributed by atoms with Crippen molar-refractivity contribution in [1.29, 1.82) is 0 Å². The number of rotatable bonds is 3. The molecule has 1 aliphatic heterocycles. The molecule has 2 rings (SSSR count). The third-order valence-corrected chi connectivity index (χ3v) is 5.28. The van der Waals surface area contributed by atoms with E-state index in [0.717, 1.165) is 16.4 Å². The molecule has 0 amide bonds. The van der Waals surface area contributed by atoms with E-state index >= 15 is 0 Å². The molecule has 1 aromatic carbocycles. The predicted molar refractivity (Wildman–Crippen MR) is 67.5 cm³/mol. The van der Waals surface area contributed by atoms with Crippen LogP contribution in [-0.2, 0) is 10.0 Å². The summed E-state index contributed by atoms with van der Waals surface area (Å²) in [6.45, 7) is 1.34. The van der Waals surface area contributed by atoms with Gasteiger partial charge >= 0.3 is 5.97 Å². The van der Waals surface area contributed by atoms with Crippen molar-refractivity contribution in [3.8, 4) is 0 Å². The van der Waals surface area contributed by atoms with Gasteiger partial charge in [-0.25, -0.2) is 17.6 Å². The topological polar surface area (TPSA) is 94.9 Å². The van der Waals surface area contributed by atoms with Gasteiger partial charge in [0.15, 0.2) is 0 Å². The molecular weight excluding hydrogens is 289 g/mol. The van der Waals surface area contributed by atoms with Crippen molar-refractivity contribution < 1.29 is 27.8 Å². The van der Waals surface area contributed by atoms with Crippen LogP contribution in [0.1, 0.15) is 22.3 Å². The summed E-state index contributed by atoms with van der Waals surface area (Å²) < 4.78 is 39.5. The molecule has 1 heterocycles. The molecule has 0 unspecified atom stereocenters. The maximum atomic E-state index is 13.7. The monoisotopic (exact) mass is 303 g/mol. The molecule has 110 valence electrons. The molecule has 1 aliphatic rings. The van der Waals surface area contributed by atoms with Crippen molar-refractivity contribution in [2.45, 2.75) is 24.3 Å². The molecule has 0 aromatic heterocycles. The van der Waals surface area contributed by atoms with Gasteiger partial charge in [0, 0.05) is 18.7 Å². The Morgan fingerprint density at radius 2 is 2.10 bits per heavy atom. The normalized spacial score (nSPS) is 20.2. The highest BCUT2D eigenvalue weighted by Gasteiger charge is 2.33. The lowest BCUT2D eigenvalue weighted by atomic mass is 10.1. The van der Waals surface area contributed by atoms with Crippen LogP contribution in [0.2, 0.25) is 0 Å². The summed E-state index contributed by atoms with van der Waals surface area (Å²) in [5, 5.41) is 18.3. The lowest BCUT2D eigenvalue weighted by Gasteiger charge is -2.18. The molecule has 8 heteroatoms. The summed E-state index contributed by atoms with van der Waals surface area (Å²) >= 11 is 0. The summed E-state index contributed by atoms with van der Waals surface area (Å²) in [4.78, 5) is 10.5. The van der Waals surface area contributed by atoms with E-state index in [4.69, 9.17) is 5.11 Å². The highest BCUT2D eigenvalue weighted by molar-refractivity contribution is 7.89. The van der Waals surface area contributed by atoms with Crippen molar-refractivity contribution >= 4 is 16.0 Å². The molecule has 0 bridgehead atoms. The van der Waals surface area contributed by atoms with Gasteiger partial charge < -0.3 is 10.2 Å². The van der Waals surface area contributed by atoms with Crippen LogP contribution in [0.4, 0.5) is 4.39 Å². The largest absolute Gasteiger partial charge is 0.478 e. The van der Waals surface area contributed by atoms with Gasteiger partial charge in [0.2, 0.25) is 10.0 Å². The smallest absolute Gasteiger partial charge is 0.335 e. The number of hydrogen-bond donors (Lipinski definition) is 2. The van der Waals surface area contributed by atoms with Crippen LogP contribution in [0.5, 0.6) is 0 Å². The summed E-state index contributed by atoms with van der Waals surface area (Å²) in [6.07, 6.45) is -0.447. The van der Waals surface area contributed by atoms with Crippen molar-refractivity contribution in [3.63, 3.8) is 0 Å². The fourth-order valence-corrected chi connectivity index (χ4v) is 3.87. The van der Waals surface area contributed by atoms with E-state index in [2.05, 4.69) is 0 Å². The molecule has 20 heavy (non-hydrogen) atoms. The number of nitrogens with zero attached hydrogens (tertiary/aromatic N) is 1. The molecule has 0 saturated carbocycles. The van der Waals surface area contributed by atoms with E-state index < -0.39 is 33.5 Å². The highest BCUT2D eigenvalue weighted by Crippen LogP contribution is 2.26. The van der Waals surface area contributed by atoms with Crippen LogP contribution >= 0.6 is 0 Å². The van der Waals surface area contributed by atoms with Gasteiger partial charge in [0.25, 0.3) is 0 Å². The third-order valence-electron chi connectivity index (χ3n) is 3.29. The third kappa shape index (κ3) is 2.54. The highest BCUT2D eigenvalue weighted by atomic mass is 32.2. The number of aliphatic hydroxyl groups is 1. The van der Waals surface area contributed by atoms with E-state index in [0.29, 0.717) is 6.42 Å². The molecular formula is C12H14FNO5S. The Balaban J connectivity index is 2.54. The Bertz CT molecular complexity index is 658. The molecule has 2 N–H and O–H groups in total. The van der Waals surface area contributed by atoms with Crippen molar-refractivity contribution in [1.82, 2.24) is 4.31 Å². The van der Waals surface area contributed by atoms with Crippen LogP contribution in [0.15, 0.2) is 17.0 Å². The zero-order chi connectivity index (χ0) is 15.1. The molecule has 1 saturated heterocycles. The van der Waals surface area contributed by atoms with Gasteiger partial charge in [-0.15, -0.1) is 0 Å². The molecule has 0 aliphatic carbocycles. The second kappa shape index (κ2) is 5.12. The van der Waals surface area contributed by atoms with E-state index in [9.17, 15) is 22.7 Å². The van der Waals surface area contributed by atoms with Crippen molar-refractivity contribution in [2.24, 2.45) is 0 Å². The summed E-state index contributed by atoms with van der Waals surface area (Å²) in [6, 6.07) is 1.73. The fourth-order valence-electron chi connectivity index (χ4n) is 2.11. The first-order valence-electron chi connectivity index (χ1n) is 5.95. The van der Waals surface area contributed by atoms with Crippen LogP contribution in [-0.4, -0.2) is 48.1 Å². The predicted octanol–water partition coefficient (Wildman–Crippen LogP) is 0.588. The number of benzene rings is 1. The number of sulfonamides is 1. The Labute approximate surface area is 115 Å². The first-order valence-corrected chi connectivity index (χ1v) is 7.39. The summed E-state index contributed by atoms with van der Waals surface area (Å²) in [7, 11) is -4.01. The second-order valence-electron chi connectivity index (χ2n) is 4.69. The standard InChI is InChI=1S/C12H14FNO5S/c1-7-10(13)4-8(12(16)17)5-11(7)20(18,19)14-3-2-9(15)6-14/h4-5,9,15H,2-3,6H2,1H3,(H,16,17)/t9-/m1/s1. The molecule has 0 radical (unpaired) electrons. The van der Waals surface area contributed by atoms with Gasteiger partial charge in [-0.1, -0.05) is 0 Å². The van der Waals surface area contributed by atoms with Gasteiger partial charge in [-0.3, -0.25) is 0 Å². The fraction of sp³-hybridized carbons (Fsp3) is 0.417. The molecule has 0 spiro atoms. The average Bonchev–Trinajstić information content (AvgIpc) is 2.79. The Morgan fingerprint density at radius 3 is 2.60 bits per heavy atom. The minimum absolute atomic E-state index is 0.0688. The van der Waals surface area contributed by atoms with Gasteiger partial charge in [0.05, 0.1) is 16.6 Å². The van der Waals surface area contributed by atoms with Crippen molar-refractivity contribution in [3.05, 3.63) is 29.1 Å². The lowest BCUT2D eigenvalue weighted by Crippen LogP contribution is -2.30. The van der Waals surface area contributed by atoms with E-state index in [1.54, 1.807) is 0 Å². The van der Waals surface area contributed by atoms with Crippen LogP contribution in [0, 0.1) is 12.7 Å². The lowest BCUT2D eigenvalue weighted by molar-refractivity contribution is 0.0696. The van der Waals surface area contributed by atoms with Gasteiger partial charge in [-0.05, 0) is 25.5 Å². The summed E-state index contributed by atoms with van der Waals surface area (Å²) in [5.41, 5.74) is -0.553. The Morgan fingerprint density at radius 1 is 1.45 bits per heavy atom. The average molecular weight is 303 g/mol. The number of β-amino-alcohol motifs (C(OH)–C–C–N with tert-alkyl or cyclic N) is 1. The molecule has 1 aromatic rings. The number of carboxylic acids is 1. The number of hydrogen-bond acceptors (Lipinski definition) is 4.